The Morgan fingerprint density at radius 2 is 2.08 bits per heavy atom. The van der Waals surface area contributed by atoms with Crippen LogP contribution in [0.5, 0.6) is 0 Å². The van der Waals surface area contributed by atoms with E-state index in [2.05, 4.69) is 20.5 Å². The van der Waals surface area contributed by atoms with Gasteiger partial charge in [-0.2, -0.15) is 0 Å². The van der Waals surface area contributed by atoms with Crippen LogP contribution in [0.3, 0.4) is 0 Å². The first-order valence-electron chi connectivity index (χ1n) is 8.12. The van der Waals surface area contributed by atoms with E-state index in [0.29, 0.717) is 23.2 Å². The normalized spacial score (nSPS) is 17.6. The number of anilines is 1. The number of nitrogens with one attached hydrogen (secondary N) is 2. The number of hydrogen-bond donors (Lipinski definition) is 2. The molecule has 1 aliphatic rings. The summed E-state index contributed by atoms with van der Waals surface area (Å²) >= 11 is 6.04. The van der Waals surface area contributed by atoms with Crippen LogP contribution >= 0.6 is 11.6 Å². The number of nitrogens with zero attached hydrogens (tertiary/aromatic N) is 2. The molecule has 24 heavy (non-hydrogen) atoms. The molecule has 2 aromatic rings. The van der Waals surface area contributed by atoms with E-state index in [9.17, 15) is 4.79 Å². The van der Waals surface area contributed by atoms with Gasteiger partial charge in [0.2, 0.25) is 0 Å². The first-order chi connectivity index (χ1) is 11.7. The van der Waals surface area contributed by atoms with E-state index < -0.39 is 0 Å². The molecule has 1 aromatic carbocycles. The van der Waals surface area contributed by atoms with Gasteiger partial charge in [-0.25, -0.2) is 4.79 Å². The number of amides is 2. The first kappa shape index (κ1) is 16.7. The molecular formula is C18H21ClN4O. The van der Waals surface area contributed by atoms with Gasteiger partial charge in [0.25, 0.3) is 0 Å². The molecule has 1 fully saturated rings. The second-order valence-corrected chi connectivity index (χ2v) is 6.43. The highest BCUT2D eigenvalue weighted by molar-refractivity contribution is 6.33. The lowest BCUT2D eigenvalue weighted by Gasteiger charge is -2.16. The number of rotatable bonds is 5. The number of hydrogen-bond acceptors (Lipinski definition) is 3. The number of urea groups is 1. The fraction of sp³-hybridized carbons (Fsp3) is 0.333. The quantitative estimate of drug-likeness (QED) is 0.874. The molecule has 2 amide bonds. The van der Waals surface area contributed by atoms with Crippen molar-refractivity contribution in [2.24, 2.45) is 5.92 Å². The summed E-state index contributed by atoms with van der Waals surface area (Å²) in [5, 5.41) is 6.25. The summed E-state index contributed by atoms with van der Waals surface area (Å²) in [6.45, 7) is 3.54. The summed E-state index contributed by atoms with van der Waals surface area (Å²) in [7, 11) is 0. The van der Waals surface area contributed by atoms with E-state index in [0.717, 1.165) is 31.7 Å². The van der Waals surface area contributed by atoms with Crippen molar-refractivity contribution in [1.82, 2.24) is 15.2 Å². The Balaban J connectivity index is 1.41. The van der Waals surface area contributed by atoms with Crippen molar-refractivity contribution in [3.63, 3.8) is 0 Å². The van der Waals surface area contributed by atoms with Crippen LogP contribution in [0, 0.1) is 5.92 Å². The third kappa shape index (κ3) is 4.69. The zero-order valence-electron chi connectivity index (χ0n) is 13.4. The highest BCUT2D eigenvalue weighted by Crippen LogP contribution is 2.20. The van der Waals surface area contributed by atoms with Crippen LogP contribution in [-0.4, -0.2) is 35.5 Å². The van der Waals surface area contributed by atoms with Crippen molar-refractivity contribution in [3.05, 3.63) is 59.4 Å². The van der Waals surface area contributed by atoms with Gasteiger partial charge in [-0.15, -0.1) is 0 Å². The molecule has 1 atom stereocenters. The molecular weight excluding hydrogens is 324 g/mol. The predicted octanol–water partition coefficient (Wildman–Crippen LogP) is 3.38. The van der Waals surface area contributed by atoms with Gasteiger partial charge in [0.15, 0.2) is 0 Å². The average molecular weight is 345 g/mol. The minimum atomic E-state index is -0.216. The fourth-order valence-electron chi connectivity index (χ4n) is 2.91. The Morgan fingerprint density at radius 1 is 1.25 bits per heavy atom. The predicted molar refractivity (Wildman–Crippen MR) is 96.1 cm³/mol. The Morgan fingerprint density at radius 3 is 2.88 bits per heavy atom. The molecule has 0 saturated carbocycles. The maximum Gasteiger partial charge on any atom is 0.319 e. The Kier molecular flexibility index (Phi) is 5.67. The van der Waals surface area contributed by atoms with Gasteiger partial charge in [-0.1, -0.05) is 29.8 Å². The number of carbonyl (C=O) groups is 1. The first-order valence-corrected chi connectivity index (χ1v) is 8.50. The maximum atomic E-state index is 12.0. The van der Waals surface area contributed by atoms with Gasteiger partial charge < -0.3 is 10.6 Å². The van der Waals surface area contributed by atoms with Crippen molar-refractivity contribution < 1.29 is 4.79 Å². The fourth-order valence-corrected chi connectivity index (χ4v) is 3.09. The molecule has 2 heterocycles. The lowest BCUT2D eigenvalue weighted by atomic mass is 10.1. The third-order valence-electron chi connectivity index (χ3n) is 4.16. The second kappa shape index (κ2) is 8.13. The van der Waals surface area contributed by atoms with Crippen molar-refractivity contribution >= 4 is 23.3 Å². The SMILES string of the molecule is O=C(NC[C@@H]1CCN(Cc2ccccn2)C1)Nc1ccccc1Cl. The second-order valence-electron chi connectivity index (χ2n) is 6.03. The number of benzene rings is 1. The van der Waals surface area contributed by atoms with Crippen molar-refractivity contribution in [3.8, 4) is 0 Å². The van der Waals surface area contributed by atoms with Crippen LogP contribution in [0.2, 0.25) is 5.02 Å². The van der Waals surface area contributed by atoms with Crippen LogP contribution in [0.1, 0.15) is 12.1 Å². The van der Waals surface area contributed by atoms with E-state index in [4.69, 9.17) is 11.6 Å². The average Bonchev–Trinajstić information content (AvgIpc) is 3.03. The van der Waals surface area contributed by atoms with Gasteiger partial charge in [-0.05, 0) is 43.1 Å². The number of para-hydroxylation sites is 1. The molecule has 1 saturated heterocycles. The molecule has 1 aliphatic heterocycles. The molecule has 0 bridgehead atoms. The molecule has 3 rings (SSSR count). The van der Waals surface area contributed by atoms with Crippen LogP contribution in [0.25, 0.3) is 0 Å². The van der Waals surface area contributed by atoms with Crippen molar-refractivity contribution in [2.45, 2.75) is 13.0 Å². The lowest BCUT2D eigenvalue weighted by Crippen LogP contribution is -2.34. The van der Waals surface area contributed by atoms with E-state index in [1.807, 2.05) is 36.5 Å². The largest absolute Gasteiger partial charge is 0.338 e. The zero-order valence-corrected chi connectivity index (χ0v) is 14.2. The summed E-state index contributed by atoms with van der Waals surface area (Å²) in [5.74, 6) is 0.464. The minimum Gasteiger partial charge on any atom is -0.338 e. The van der Waals surface area contributed by atoms with Crippen LogP contribution < -0.4 is 10.6 Å². The zero-order chi connectivity index (χ0) is 16.8. The van der Waals surface area contributed by atoms with Crippen molar-refractivity contribution in [1.29, 1.82) is 0 Å². The van der Waals surface area contributed by atoms with Gasteiger partial charge in [-0.3, -0.25) is 9.88 Å². The standard InChI is InChI=1S/C18H21ClN4O/c19-16-6-1-2-7-17(16)22-18(24)21-11-14-8-10-23(12-14)13-15-5-3-4-9-20-15/h1-7,9,14H,8,10-13H2,(H2,21,22,24)/t14-/m0/s1. The molecule has 5 nitrogen and oxygen atoms in total. The van der Waals surface area contributed by atoms with E-state index in [1.165, 1.54) is 0 Å². The summed E-state index contributed by atoms with van der Waals surface area (Å²) in [4.78, 5) is 18.7. The molecule has 126 valence electrons. The highest BCUT2D eigenvalue weighted by atomic mass is 35.5. The van der Waals surface area contributed by atoms with E-state index in [1.54, 1.807) is 12.1 Å². The Hall–Kier alpha value is -2.11. The summed E-state index contributed by atoms with van der Waals surface area (Å²) in [6, 6.07) is 13.0. The lowest BCUT2D eigenvalue weighted by molar-refractivity contribution is 0.249. The van der Waals surface area contributed by atoms with E-state index >= 15 is 0 Å². The molecule has 0 radical (unpaired) electrons. The van der Waals surface area contributed by atoms with Crippen LogP contribution in [0.4, 0.5) is 10.5 Å². The van der Waals surface area contributed by atoms with Crippen LogP contribution in [-0.2, 0) is 6.54 Å². The number of halogens is 1. The smallest absolute Gasteiger partial charge is 0.319 e. The highest BCUT2D eigenvalue weighted by Gasteiger charge is 2.23. The van der Waals surface area contributed by atoms with Gasteiger partial charge >= 0.3 is 6.03 Å². The molecule has 0 spiro atoms. The third-order valence-corrected chi connectivity index (χ3v) is 4.48. The van der Waals surface area contributed by atoms with Crippen molar-refractivity contribution in [2.75, 3.05) is 25.0 Å². The molecule has 6 heteroatoms. The van der Waals surface area contributed by atoms with Gasteiger partial charge in [0.05, 0.1) is 16.4 Å². The molecule has 2 N–H and O–H groups in total. The molecule has 1 aromatic heterocycles. The number of carbonyl (C=O) groups excluding carboxylic acids is 1. The summed E-state index contributed by atoms with van der Waals surface area (Å²) in [5.41, 5.74) is 1.71. The van der Waals surface area contributed by atoms with Gasteiger partial charge in [0.1, 0.15) is 0 Å². The van der Waals surface area contributed by atoms with E-state index in [-0.39, 0.29) is 6.03 Å². The number of pyridine rings is 1. The monoisotopic (exact) mass is 344 g/mol. The Labute approximate surface area is 147 Å². The summed E-state index contributed by atoms with van der Waals surface area (Å²) in [6.07, 6.45) is 2.91. The topological polar surface area (TPSA) is 57.3 Å². The number of likely N-dealkylation sites (tertiary alicyclic amines) is 1. The molecule has 0 aliphatic carbocycles. The number of aromatic nitrogens is 1. The van der Waals surface area contributed by atoms with Crippen LogP contribution in [0.15, 0.2) is 48.7 Å². The molecule has 0 unspecified atom stereocenters. The Bertz CT molecular complexity index is 680. The minimum absolute atomic E-state index is 0.216. The maximum absolute atomic E-state index is 12.0. The van der Waals surface area contributed by atoms with Gasteiger partial charge in [0, 0.05) is 25.8 Å². The summed E-state index contributed by atoms with van der Waals surface area (Å²) < 4.78 is 0.